The van der Waals surface area contributed by atoms with E-state index in [0.717, 1.165) is 6.54 Å². The van der Waals surface area contributed by atoms with Gasteiger partial charge < -0.3 is 9.45 Å². The van der Waals surface area contributed by atoms with Gasteiger partial charge in [0.1, 0.15) is 0 Å². The summed E-state index contributed by atoms with van der Waals surface area (Å²) in [6.45, 7) is 9.87. The van der Waals surface area contributed by atoms with Crippen molar-refractivity contribution in [1.29, 1.82) is 0 Å². The van der Waals surface area contributed by atoms with Crippen LogP contribution in [0.4, 0.5) is 0 Å². The van der Waals surface area contributed by atoms with Crippen molar-refractivity contribution in [2.75, 3.05) is 12.3 Å². The van der Waals surface area contributed by atoms with E-state index < -0.39 is 10.1 Å². The maximum absolute atomic E-state index is 10.9. The summed E-state index contributed by atoms with van der Waals surface area (Å²) in [7, 11) is -4.09. The van der Waals surface area contributed by atoms with E-state index in [1.807, 2.05) is 0 Å². The van der Waals surface area contributed by atoms with Gasteiger partial charge in [-0.05, 0) is 39.5 Å². The normalized spacial score (nSPS) is 15.7. The van der Waals surface area contributed by atoms with Gasteiger partial charge in [-0.2, -0.15) is 0 Å². The Balaban J connectivity index is 4.41. The second-order valence-electron chi connectivity index (χ2n) is 8.15. The van der Waals surface area contributed by atoms with Gasteiger partial charge in [0.2, 0.25) is 0 Å². The van der Waals surface area contributed by atoms with Crippen molar-refractivity contribution in [3.05, 3.63) is 0 Å². The van der Waals surface area contributed by atoms with E-state index in [1.165, 1.54) is 81.9 Å². The van der Waals surface area contributed by atoms with Crippen molar-refractivity contribution < 1.29 is 17.9 Å². The van der Waals surface area contributed by atoms with Crippen LogP contribution in [0.5, 0.6) is 0 Å². The maximum atomic E-state index is 10.9. The SMILES string of the molecule is CCCCCCCC(C)[NH+](CCCS(=O)(=O)[O-])C(C)CCCCCCC. The third-order valence-corrected chi connectivity index (χ3v) is 6.40. The zero-order valence-electron chi connectivity index (χ0n) is 17.9. The average molecular weight is 392 g/mol. The van der Waals surface area contributed by atoms with Gasteiger partial charge in [0.05, 0.1) is 28.7 Å². The predicted molar refractivity (Wildman–Crippen MR) is 111 cm³/mol. The summed E-state index contributed by atoms with van der Waals surface area (Å²) in [5.74, 6) is -0.219. The lowest BCUT2D eigenvalue weighted by molar-refractivity contribution is -0.946. The van der Waals surface area contributed by atoms with Gasteiger partial charge >= 0.3 is 0 Å². The van der Waals surface area contributed by atoms with Crippen molar-refractivity contribution in [2.45, 2.75) is 123 Å². The second-order valence-corrected chi connectivity index (χ2v) is 9.67. The predicted octanol–water partition coefficient (Wildman–Crippen LogP) is 4.30. The van der Waals surface area contributed by atoms with Crippen molar-refractivity contribution in [3.63, 3.8) is 0 Å². The number of quaternary nitrogens is 1. The Kier molecular flexibility index (Phi) is 15.8. The molecule has 0 aliphatic rings. The van der Waals surface area contributed by atoms with Gasteiger partial charge in [0.25, 0.3) is 0 Å². The molecule has 0 saturated carbocycles. The molecule has 158 valence electrons. The maximum Gasteiger partial charge on any atom is 0.0948 e. The minimum Gasteiger partial charge on any atom is -0.748 e. The zero-order valence-corrected chi connectivity index (χ0v) is 18.7. The summed E-state index contributed by atoms with van der Waals surface area (Å²) in [6, 6.07) is 1.08. The van der Waals surface area contributed by atoms with Crippen LogP contribution in [0.3, 0.4) is 0 Å². The van der Waals surface area contributed by atoms with Crippen LogP contribution in [0.1, 0.15) is 111 Å². The van der Waals surface area contributed by atoms with Crippen LogP contribution < -0.4 is 4.90 Å². The first-order chi connectivity index (χ1) is 12.3. The van der Waals surface area contributed by atoms with E-state index in [1.54, 1.807) is 0 Å². The first-order valence-electron chi connectivity index (χ1n) is 11.1. The number of hydrogen-bond acceptors (Lipinski definition) is 3. The van der Waals surface area contributed by atoms with Crippen LogP contribution >= 0.6 is 0 Å². The molecule has 26 heavy (non-hydrogen) atoms. The number of unbranched alkanes of at least 4 members (excludes halogenated alkanes) is 8. The molecular formula is C21H45NO3S. The van der Waals surface area contributed by atoms with E-state index in [2.05, 4.69) is 27.7 Å². The third kappa shape index (κ3) is 15.0. The summed E-state index contributed by atoms with van der Waals surface area (Å²) >= 11 is 0. The summed E-state index contributed by atoms with van der Waals surface area (Å²) in [5, 5.41) is 0. The quantitative estimate of drug-likeness (QED) is 0.280. The molecule has 0 amide bonds. The highest BCUT2D eigenvalue weighted by Crippen LogP contribution is 2.09. The Labute approximate surface area is 163 Å². The zero-order chi connectivity index (χ0) is 19.8. The highest BCUT2D eigenvalue weighted by molar-refractivity contribution is 7.85. The highest BCUT2D eigenvalue weighted by atomic mass is 32.2. The molecule has 0 saturated heterocycles. The fourth-order valence-corrected chi connectivity index (χ4v) is 4.41. The molecule has 1 N–H and O–H groups in total. The van der Waals surface area contributed by atoms with Crippen LogP contribution in [0.2, 0.25) is 0 Å². The van der Waals surface area contributed by atoms with Crippen molar-refractivity contribution in [3.8, 4) is 0 Å². The molecule has 0 radical (unpaired) electrons. The van der Waals surface area contributed by atoms with E-state index in [9.17, 15) is 13.0 Å². The molecule has 0 spiro atoms. The number of hydrogen-bond donors (Lipinski definition) is 1. The van der Waals surface area contributed by atoms with Gasteiger partial charge in [-0.25, -0.2) is 8.42 Å². The summed E-state index contributed by atoms with van der Waals surface area (Å²) < 4.78 is 32.8. The van der Waals surface area contributed by atoms with Crippen molar-refractivity contribution in [1.82, 2.24) is 0 Å². The molecule has 0 rings (SSSR count). The molecule has 0 aliphatic carbocycles. The van der Waals surface area contributed by atoms with Crippen LogP contribution in [0.15, 0.2) is 0 Å². The lowest BCUT2D eigenvalue weighted by Crippen LogP contribution is -3.18. The number of nitrogens with one attached hydrogen (secondary N) is 1. The Morgan fingerprint density at radius 1 is 0.731 bits per heavy atom. The third-order valence-electron chi connectivity index (χ3n) is 5.61. The molecule has 0 aromatic heterocycles. The fourth-order valence-electron chi connectivity index (χ4n) is 3.91. The summed E-state index contributed by atoms with van der Waals surface area (Å²) in [4.78, 5) is 1.50. The van der Waals surface area contributed by atoms with E-state index >= 15 is 0 Å². The lowest BCUT2D eigenvalue weighted by Gasteiger charge is -2.32. The molecule has 0 aliphatic heterocycles. The molecule has 0 fully saturated rings. The first kappa shape index (κ1) is 25.9. The molecule has 0 heterocycles. The molecule has 0 bridgehead atoms. The standard InChI is InChI=1S/C21H45NO3S/c1-5-7-9-11-13-16-20(3)22(18-15-19-26(23,24)25)21(4)17-14-12-10-8-6-2/h20-21H,5-19H2,1-4H3,(H,23,24,25). The van der Waals surface area contributed by atoms with E-state index in [4.69, 9.17) is 0 Å². The smallest absolute Gasteiger partial charge is 0.0948 e. The van der Waals surface area contributed by atoms with Crippen molar-refractivity contribution in [2.24, 2.45) is 0 Å². The average Bonchev–Trinajstić information content (AvgIpc) is 2.57. The highest BCUT2D eigenvalue weighted by Gasteiger charge is 2.23. The largest absolute Gasteiger partial charge is 0.748 e. The molecule has 0 aromatic carbocycles. The van der Waals surface area contributed by atoms with Crippen LogP contribution in [-0.2, 0) is 10.1 Å². The first-order valence-corrected chi connectivity index (χ1v) is 12.7. The molecular weight excluding hydrogens is 346 g/mol. The van der Waals surface area contributed by atoms with Gasteiger partial charge in [-0.1, -0.05) is 65.2 Å². The molecule has 4 nitrogen and oxygen atoms in total. The van der Waals surface area contributed by atoms with E-state index in [0.29, 0.717) is 18.5 Å². The Morgan fingerprint density at radius 3 is 1.54 bits per heavy atom. The minimum atomic E-state index is -4.09. The number of rotatable bonds is 18. The fraction of sp³-hybridized carbons (Fsp3) is 1.00. The van der Waals surface area contributed by atoms with Gasteiger partial charge in [-0.3, -0.25) is 0 Å². The summed E-state index contributed by atoms with van der Waals surface area (Å²) in [6.07, 6.45) is 15.8. The second kappa shape index (κ2) is 15.9. The lowest BCUT2D eigenvalue weighted by atomic mass is 10.0. The molecule has 2 unspecified atom stereocenters. The van der Waals surface area contributed by atoms with Gasteiger partial charge in [0.15, 0.2) is 0 Å². The Morgan fingerprint density at radius 2 is 1.15 bits per heavy atom. The van der Waals surface area contributed by atoms with Crippen LogP contribution in [-0.4, -0.2) is 37.4 Å². The van der Waals surface area contributed by atoms with E-state index in [-0.39, 0.29) is 5.75 Å². The topological polar surface area (TPSA) is 61.6 Å². The summed E-state index contributed by atoms with van der Waals surface area (Å²) in [5.41, 5.74) is 0. The Bertz CT molecular complexity index is 391. The van der Waals surface area contributed by atoms with Gasteiger partial charge in [0, 0.05) is 12.2 Å². The van der Waals surface area contributed by atoms with Gasteiger partial charge in [-0.15, -0.1) is 0 Å². The minimum absolute atomic E-state index is 0.219. The molecule has 0 aromatic rings. The molecule has 2 atom stereocenters. The monoisotopic (exact) mass is 391 g/mol. The van der Waals surface area contributed by atoms with Crippen LogP contribution in [0, 0.1) is 0 Å². The van der Waals surface area contributed by atoms with Crippen LogP contribution in [0.25, 0.3) is 0 Å². The Hall–Kier alpha value is -0.130. The molecule has 5 heteroatoms. The van der Waals surface area contributed by atoms with Crippen molar-refractivity contribution >= 4 is 10.1 Å².